The SMILES string of the molecule is Cc1ccc(S(=O)(=O)Cc2ccc(-c3nc(-c4cccc(Br)c4)no3)o2)cc1. The summed E-state index contributed by atoms with van der Waals surface area (Å²) in [5.74, 6) is 0.985. The Morgan fingerprint density at radius 1 is 1.04 bits per heavy atom. The number of rotatable bonds is 5. The fraction of sp³-hybridized carbons (Fsp3) is 0.100. The maximum absolute atomic E-state index is 12.6. The molecule has 0 aliphatic rings. The number of nitrogens with zero attached hydrogens (tertiary/aromatic N) is 2. The molecule has 8 heteroatoms. The van der Waals surface area contributed by atoms with Gasteiger partial charge in [-0.3, -0.25) is 0 Å². The van der Waals surface area contributed by atoms with E-state index in [0.29, 0.717) is 17.3 Å². The maximum Gasteiger partial charge on any atom is 0.293 e. The second kappa shape index (κ2) is 7.37. The second-order valence-electron chi connectivity index (χ2n) is 6.27. The summed E-state index contributed by atoms with van der Waals surface area (Å²) in [6.45, 7) is 1.90. The second-order valence-corrected chi connectivity index (χ2v) is 9.18. The van der Waals surface area contributed by atoms with Crippen LogP contribution in [-0.4, -0.2) is 18.6 Å². The zero-order valence-corrected chi connectivity index (χ0v) is 17.2. The van der Waals surface area contributed by atoms with Crippen LogP contribution in [0.3, 0.4) is 0 Å². The molecule has 0 aliphatic carbocycles. The highest BCUT2D eigenvalue weighted by Crippen LogP contribution is 2.27. The first-order valence-electron chi connectivity index (χ1n) is 8.39. The largest absolute Gasteiger partial charge is 0.455 e. The van der Waals surface area contributed by atoms with Crippen LogP contribution in [0.2, 0.25) is 0 Å². The Bertz CT molecular complexity index is 1230. The monoisotopic (exact) mass is 458 g/mol. The molecule has 0 spiro atoms. The fourth-order valence-corrected chi connectivity index (χ4v) is 4.30. The van der Waals surface area contributed by atoms with Crippen molar-refractivity contribution < 1.29 is 17.4 Å². The molecule has 0 amide bonds. The van der Waals surface area contributed by atoms with E-state index in [-0.39, 0.29) is 16.5 Å². The van der Waals surface area contributed by atoms with Crippen molar-refractivity contribution in [2.45, 2.75) is 17.6 Å². The van der Waals surface area contributed by atoms with Gasteiger partial charge in [0.15, 0.2) is 15.6 Å². The summed E-state index contributed by atoms with van der Waals surface area (Å²) >= 11 is 3.40. The van der Waals surface area contributed by atoms with Crippen LogP contribution in [0.25, 0.3) is 23.0 Å². The molecule has 0 aliphatic heterocycles. The van der Waals surface area contributed by atoms with E-state index >= 15 is 0 Å². The highest BCUT2D eigenvalue weighted by atomic mass is 79.9. The number of aryl methyl sites for hydroxylation is 1. The third-order valence-corrected chi connectivity index (χ3v) is 6.24. The summed E-state index contributed by atoms with van der Waals surface area (Å²) in [5.41, 5.74) is 1.79. The van der Waals surface area contributed by atoms with Crippen LogP contribution < -0.4 is 0 Å². The number of hydrogen-bond acceptors (Lipinski definition) is 6. The minimum absolute atomic E-state index is 0.189. The average molecular weight is 459 g/mol. The summed E-state index contributed by atoms with van der Waals surface area (Å²) in [5, 5.41) is 3.96. The maximum atomic E-state index is 12.6. The molecule has 142 valence electrons. The molecule has 0 saturated heterocycles. The molecule has 0 fully saturated rings. The molecular formula is C20H15BrN2O4S. The van der Waals surface area contributed by atoms with Crippen LogP contribution in [-0.2, 0) is 15.6 Å². The Kier molecular flexibility index (Phi) is 4.91. The van der Waals surface area contributed by atoms with Crippen molar-refractivity contribution in [2.24, 2.45) is 0 Å². The Hall–Kier alpha value is -2.71. The fourth-order valence-electron chi connectivity index (χ4n) is 2.66. The number of aromatic nitrogens is 2. The van der Waals surface area contributed by atoms with Crippen molar-refractivity contribution in [3.05, 3.63) is 76.5 Å². The van der Waals surface area contributed by atoms with Gasteiger partial charge in [-0.25, -0.2) is 8.42 Å². The van der Waals surface area contributed by atoms with Gasteiger partial charge in [-0.15, -0.1) is 0 Å². The molecule has 0 saturated carbocycles. The van der Waals surface area contributed by atoms with E-state index in [2.05, 4.69) is 26.1 Å². The zero-order valence-electron chi connectivity index (χ0n) is 14.8. The smallest absolute Gasteiger partial charge is 0.293 e. The van der Waals surface area contributed by atoms with Crippen LogP contribution in [0, 0.1) is 6.92 Å². The summed E-state index contributed by atoms with van der Waals surface area (Å²) in [6, 6.07) is 17.5. The lowest BCUT2D eigenvalue weighted by atomic mass is 10.2. The topological polar surface area (TPSA) is 86.2 Å². The minimum atomic E-state index is -3.51. The van der Waals surface area contributed by atoms with Gasteiger partial charge in [-0.05, 0) is 43.3 Å². The van der Waals surface area contributed by atoms with Crippen molar-refractivity contribution in [1.82, 2.24) is 10.1 Å². The lowest BCUT2D eigenvalue weighted by molar-refractivity contribution is 0.413. The first-order valence-corrected chi connectivity index (χ1v) is 10.8. The van der Waals surface area contributed by atoms with E-state index in [9.17, 15) is 8.42 Å². The van der Waals surface area contributed by atoms with Gasteiger partial charge in [-0.2, -0.15) is 4.98 Å². The molecule has 0 radical (unpaired) electrons. The molecule has 4 aromatic rings. The molecule has 0 bridgehead atoms. The van der Waals surface area contributed by atoms with E-state index in [1.807, 2.05) is 31.2 Å². The van der Waals surface area contributed by atoms with Crippen LogP contribution in [0.1, 0.15) is 11.3 Å². The molecule has 28 heavy (non-hydrogen) atoms. The van der Waals surface area contributed by atoms with E-state index in [1.165, 1.54) is 0 Å². The molecule has 0 unspecified atom stereocenters. The van der Waals surface area contributed by atoms with Gasteiger partial charge in [0, 0.05) is 10.0 Å². The number of benzene rings is 2. The minimum Gasteiger partial charge on any atom is -0.455 e. The summed E-state index contributed by atoms with van der Waals surface area (Å²) in [6.07, 6.45) is 0. The Labute approximate surface area is 170 Å². The van der Waals surface area contributed by atoms with Crippen LogP contribution >= 0.6 is 15.9 Å². The van der Waals surface area contributed by atoms with Gasteiger partial charge in [0.05, 0.1) is 4.90 Å². The number of hydrogen-bond donors (Lipinski definition) is 0. The van der Waals surface area contributed by atoms with Gasteiger partial charge in [-0.1, -0.05) is 50.9 Å². The van der Waals surface area contributed by atoms with Crippen molar-refractivity contribution in [3.63, 3.8) is 0 Å². The molecule has 2 heterocycles. The highest BCUT2D eigenvalue weighted by Gasteiger charge is 2.20. The molecule has 6 nitrogen and oxygen atoms in total. The van der Waals surface area contributed by atoms with E-state index < -0.39 is 9.84 Å². The van der Waals surface area contributed by atoms with Crippen molar-refractivity contribution in [3.8, 4) is 23.0 Å². The molecule has 0 atom stereocenters. The molecule has 0 N–H and O–H groups in total. The standard InChI is InChI=1S/C20H15BrN2O4S/c1-13-5-8-17(9-6-13)28(24,25)12-16-7-10-18(26-16)20-22-19(23-27-20)14-3-2-4-15(21)11-14/h2-11H,12H2,1H3. The van der Waals surface area contributed by atoms with Crippen molar-refractivity contribution in [1.29, 1.82) is 0 Å². The normalized spacial score (nSPS) is 11.6. The first kappa shape index (κ1) is 18.6. The highest BCUT2D eigenvalue weighted by molar-refractivity contribution is 9.10. The van der Waals surface area contributed by atoms with Crippen molar-refractivity contribution >= 4 is 25.8 Å². The molecule has 4 rings (SSSR count). The molecule has 2 aromatic carbocycles. The van der Waals surface area contributed by atoms with Crippen LogP contribution in [0.4, 0.5) is 0 Å². The van der Waals surface area contributed by atoms with Crippen LogP contribution in [0.5, 0.6) is 0 Å². The Balaban J connectivity index is 1.56. The molecule has 2 aromatic heterocycles. The lowest BCUT2D eigenvalue weighted by Crippen LogP contribution is -2.04. The zero-order chi connectivity index (χ0) is 19.7. The van der Waals surface area contributed by atoms with Gasteiger partial charge >= 0.3 is 0 Å². The van der Waals surface area contributed by atoms with Crippen LogP contribution in [0.15, 0.2) is 79.0 Å². The van der Waals surface area contributed by atoms with Gasteiger partial charge in [0.2, 0.25) is 5.82 Å². The van der Waals surface area contributed by atoms with E-state index in [4.69, 9.17) is 8.94 Å². The Morgan fingerprint density at radius 3 is 2.57 bits per heavy atom. The quantitative estimate of drug-likeness (QED) is 0.416. The molecular weight excluding hydrogens is 444 g/mol. The van der Waals surface area contributed by atoms with E-state index in [1.54, 1.807) is 36.4 Å². The number of sulfone groups is 1. The summed E-state index contributed by atoms with van der Waals surface area (Å²) < 4.78 is 36.9. The predicted molar refractivity (Wildman–Crippen MR) is 107 cm³/mol. The number of furan rings is 1. The number of halogens is 1. The van der Waals surface area contributed by atoms with Gasteiger partial charge in [0.25, 0.3) is 5.89 Å². The van der Waals surface area contributed by atoms with Crippen molar-refractivity contribution in [2.75, 3.05) is 0 Å². The third kappa shape index (κ3) is 3.93. The summed E-state index contributed by atoms with van der Waals surface area (Å²) in [4.78, 5) is 4.58. The van der Waals surface area contributed by atoms with Gasteiger partial charge < -0.3 is 8.94 Å². The van der Waals surface area contributed by atoms with E-state index in [0.717, 1.165) is 15.6 Å². The lowest BCUT2D eigenvalue weighted by Gasteiger charge is -2.02. The van der Waals surface area contributed by atoms with Gasteiger partial charge in [0.1, 0.15) is 11.5 Å². The average Bonchev–Trinajstić information content (AvgIpc) is 3.31. The first-order chi connectivity index (χ1) is 13.4. The summed E-state index contributed by atoms with van der Waals surface area (Å²) in [7, 11) is -3.51. The third-order valence-electron chi connectivity index (χ3n) is 4.09. The predicted octanol–water partition coefficient (Wildman–Crippen LogP) is 5.04. The Morgan fingerprint density at radius 2 is 1.82 bits per heavy atom.